The molecule has 4 heteroatoms. The average Bonchev–Trinajstić information content (AvgIpc) is 3.35. The fourth-order valence-electron chi connectivity index (χ4n) is 8.46. The van der Waals surface area contributed by atoms with Gasteiger partial charge in [-0.2, -0.15) is 0 Å². The number of hydrogen-bond acceptors (Lipinski definition) is 4. The highest BCUT2D eigenvalue weighted by atomic mass is 16.5. The van der Waals surface area contributed by atoms with Crippen LogP contribution in [0.25, 0.3) is 0 Å². The van der Waals surface area contributed by atoms with Gasteiger partial charge in [-0.15, -0.1) is 0 Å². The summed E-state index contributed by atoms with van der Waals surface area (Å²) in [5.74, 6) is 3.37. The fourth-order valence-corrected chi connectivity index (χ4v) is 8.46. The molecule has 1 unspecified atom stereocenters. The van der Waals surface area contributed by atoms with Gasteiger partial charge in [-0.05, 0) is 105 Å². The summed E-state index contributed by atoms with van der Waals surface area (Å²) in [6, 6.07) is 4.31. The van der Waals surface area contributed by atoms with Crippen LogP contribution in [0.15, 0.2) is 22.8 Å². The standard InChI is InChI=1S/C26H39NO3/c1-25-10-4-8-20(25)24-18(17-30-23(28)16-19-7-5-14-29-19)15-22-26(2,21(24)9-12-25)11-6-13-27(22)3/h5,7,14,18,20-22,24H,4,6,8-13,15-17H2,1-3H3/t18?,20-,21-,22+,24-,25-,26+/m0/s1. The number of furan rings is 1. The third-order valence-corrected chi connectivity index (χ3v) is 9.91. The van der Waals surface area contributed by atoms with E-state index in [0.717, 1.165) is 17.8 Å². The van der Waals surface area contributed by atoms with Gasteiger partial charge in [0, 0.05) is 6.04 Å². The lowest BCUT2D eigenvalue weighted by Crippen LogP contribution is -2.62. The van der Waals surface area contributed by atoms with Crippen molar-refractivity contribution in [2.24, 2.45) is 34.5 Å². The Morgan fingerprint density at radius 2 is 2.07 bits per heavy atom. The van der Waals surface area contributed by atoms with Gasteiger partial charge >= 0.3 is 5.97 Å². The van der Waals surface area contributed by atoms with E-state index in [9.17, 15) is 4.79 Å². The first-order valence-electron chi connectivity index (χ1n) is 12.3. The predicted molar refractivity (Wildman–Crippen MR) is 117 cm³/mol. The molecule has 0 bridgehead atoms. The van der Waals surface area contributed by atoms with Gasteiger partial charge in [0.25, 0.3) is 0 Å². The summed E-state index contributed by atoms with van der Waals surface area (Å²) in [5, 5.41) is 0. The van der Waals surface area contributed by atoms with E-state index in [4.69, 9.17) is 9.15 Å². The molecule has 0 aromatic carbocycles. The van der Waals surface area contributed by atoms with Crippen molar-refractivity contribution in [3.63, 3.8) is 0 Å². The minimum absolute atomic E-state index is 0.142. The Labute approximate surface area is 181 Å². The van der Waals surface area contributed by atoms with Crippen LogP contribution >= 0.6 is 0 Å². The number of fused-ring (bicyclic) bond motifs is 5. The molecule has 1 saturated heterocycles. The topological polar surface area (TPSA) is 42.7 Å². The Morgan fingerprint density at radius 3 is 2.87 bits per heavy atom. The third-order valence-electron chi connectivity index (χ3n) is 9.91. The molecule has 3 aliphatic carbocycles. The molecule has 4 fully saturated rings. The van der Waals surface area contributed by atoms with Crippen molar-refractivity contribution < 1.29 is 13.9 Å². The molecule has 2 heterocycles. The SMILES string of the molecule is CN1CCC[C@]2(C)[C@H]3CC[C@]4(C)CCC[C@H]4[C@@H]3C(COC(=O)Cc3ccco3)C[C@@H]12. The van der Waals surface area contributed by atoms with Crippen molar-refractivity contribution in [3.8, 4) is 0 Å². The molecule has 30 heavy (non-hydrogen) atoms. The van der Waals surface area contributed by atoms with Crippen molar-refractivity contribution in [2.75, 3.05) is 20.2 Å². The van der Waals surface area contributed by atoms with Crippen molar-refractivity contribution in [3.05, 3.63) is 24.2 Å². The molecule has 0 spiro atoms. The second-order valence-corrected chi connectivity index (χ2v) is 11.4. The van der Waals surface area contributed by atoms with Crippen LogP contribution in [0.3, 0.4) is 0 Å². The van der Waals surface area contributed by atoms with Gasteiger partial charge in [0.1, 0.15) is 12.2 Å². The van der Waals surface area contributed by atoms with E-state index >= 15 is 0 Å². The molecular formula is C26H39NO3. The number of ether oxygens (including phenoxy) is 1. The number of piperidine rings is 1. The fraction of sp³-hybridized carbons (Fsp3) is 0.808. The Balaban J connectivity index is 1.38. The average molecular weight is 414 g/mol. The van der Waals surface area contributed by atoms with Crippen LogP contribution in [-0.2, 0) is 16.0 Å². The van der Waals surface area contributed by atoms with Crippen LogP contribution in [0.4, 0.5) is 0 Å². The maximum absolute atomic E-state index is 12.5. The molecule has 1 aliphatic heterocycles. The van der Waals surface area contributed by atoms with Gasteiger partial charge in [-0.3, -0.25) is 4.79 Å². The van der Waals surface area contributed by atoms with Crippen LogP contribution in [-0.4, -0.2) is 37.1 Å². The Bertz CT molecular complexity index is 760. The molecule has 4 aliphatic rings. The van der Waals surface area contributed by atoms with Crippen LogP contribution < -0.4 is 0 Å². The zero-order valence-electron chi connectivity index (χ0n) is 19.1. The first-order valence-corrected chi connectivity index (χ1v) is 12.3. The van der Waals surface area contributed by atoms with Crippen molar-refractivity contribution in [1.82, 2.24) is 4.90 Å². The molecule has 7 atom stereocenters. The highest BCUT2D eigenvalue weighted by Crippen LogP contribution is 2.65. The Hall–Kier alpha value is -1.29. The number of carbonyl (C=O) groups excluding carboxylic acids is 1. The number of carbonyl (C=O) groups is 1. The highest BCUT2D eigenvalue weighted by molar-refractivity contribution is 5.71. The monoisotopic (exact) mass is 413 g/mol. The summed E-state index contributed by atoms with van der Waals surface area (Å²) >= 11 is 0. The largest absolute Gasteiger partial charge is 0.469 e. The summed E-state index contributed by atoms with van der Waals surface area (Å²) in [4.78, 5) is 15.1. The zero-order valence-corrected chi connectivity index (χ0v) is 19.1. The van der Waals surface area contributed by atoms with Gasteiger partial charge in [-0.1, -0.05) is 20.3 Å². The molecule has 4 nitrogen and oxygen atoms in total. The molecule has 0 N–H and O–H groups in total. The highest BCUT2D eigenvalue weighted by Gasteiger charge is 2.61. The van der Waals surface area contributed by atoms with Crippen LogP contribution in [0.1, 0.15) is 71.0 Å². The van der Waals surface area contributed by atoms with Gasteiger partial charge in [0.15, 0.2) is 0 Å². The molecule has 1 aromatic heterocycles. The maximum atomic E-state index is 12.5. The molecular weight excluding hydrogens is 374 g/mol. The van der Waals surface area contributed by atoms with E-state index in [1.54, 1.807) is 6.26 Å². The Morgan fingerprint density at radius 1 is 1.20 bits per heavy atom. The normalized spacial score (nSPS) is 43.5. The zero-order chi connectivity index (χ0) is 20.9. The molecule has 166 valence electrons. The lowest BCUT2D eigenvalue weighted by atomic mass is 9.45. The van der Waals surface area contributed by atoms with E-state index < -0.39 is 0 Å². The van der Waals surface area contributed by atoms with E-state index in [1.165, 1.54) is 57.9 Å². The smallest absolute Gasteiger partial charge is 0.313 e. The number of rotatable bonds is 4. The molecule has 0 amide bonds. The van der Waals surface area contributed by atoms with Gasteiger partial charge in [0.2, 0.25) is 0 Å². The predicted octanol–water partition coefficient (Wildman–Crippen LogP) is 5.32. The van der Waals surface area contributed by atoms with Crippen LogP contribution in [0.5, 0.6) is 0 Å². The summed E-state index contributed by atoms with van der Waals surface area (Å²) in [6.45, 7) is 6.96. The summed E-state index contributed by atoms with van der Waals surface area (Å²) in [6.07, 6.45) is 12.7. The molecule has 1 aromatic rings. The quantitative estimate of drug-likeness (QED) is 0.627. The second-order valence-electron chi connectivity index (χ2n) is 11.4. The number of hydrogen-bond donors (Lipinski definition) is 0. The molecule has 0 radical (unpaired) electrons. The number of likely N-dealkylation sites (tertiary alicyclic amines) is 1. The summed E-state index contributed by atoms with van der Waals surface area (Å²) in [7, 11) is 2.32. The Kier molecular flexibility index (Phi) is 5.28. The van der Waals surface area contributed by atoms with Crippen LogP contribution in [0, 0.1) is 34.5 Å². The lowest BCUT2D eigenvalue weighted by molar-refractivity contribution is -0.164. The number of nitrogens with zero attached hydrogens (tertiary/aromatic N) is 1. The van der Waals surface area contributed by atoms with Gasteiger partial charge < -0.3 is 14.1 Å². The lowest BCUT2D eigenvalue weighted by Gasteiger charge is -2.63. The number of esters is 1. The first kappa shape index (κ1) is 20.6. The maximum Gasteiger partial charge on any atom is 0.313 e. The summed E-state index contributed by atoms with van der Waals surface area (Å²) in [5.41, 5.74) is 0.942. The van der Waals surface area contributed by atoms with Crippen molar-refractivity contribution in [1.29, 1.82) is 0 Å². The van der Waals surface area contributed by atoms with E-state index in [0.29, 0.717) is 35.2 Å². The molecule has 5 rings (SSSR count). The van der Waals surface area contributed by atoms with Crippen molar-refractivity contribution >= 4 is 5.97 Å². The summed E-state index contributed by atoms with van der Waals surface area (Å²) < 4.78 is 11.3. The van der Waals surface area contributed by atoms with E-state index in [1.807, 2.05) is 12.1 Å². The van der Waals surface area contributed by atoms with E-state index in [2.05, 4.69) is 25.8 Å². The first-order chi connectivity index (χ1) is 14.4. The molecule has 3 saturated carbocycles. The van der Waals surface area contributed by atoms with Gasteiger partial charge in [0.05, 0.1) is 12.9 Å². The minimum Gasteiger partial charge on any atom is -0.469 e. The van der Waals surface area contributed by atoms with Gasteiger partial charge in [-0.25, -0.2) is 0 Å². The minimum atomic E-state index is -0.142. The van der Waals surface area contributed by atoms with Crippen molar-refractivity contribution in [2.45, 2.75) is 77.7 Å². The third kappa shape index (κ3) is 3.34. The van der Waals surface area contributed by atoms with Crippen LogP contribution in [0.2, 0.25) is 0 Å². The van der Waals surface area contributed by atoms with E-state index in [-0.39, 0.29) is 12.4 Å². The second kappa shape index (κ2) is 7.69.